The van der Waals surface area contributed by atoms with Crippen LogP contribution >= 0.6 is 0 Å². The van der Waals surface area contributed by atoms with Gasteiger partial charge in [-0.2, -0.15) is 0 Å². The fourth-order valence-electron chi connectivity index (χ4n) is 28.8. The summed E-state index contributed by atoms with van der Waals surface area (Å²) in [6, 6.07) is 46.7. The molecule has 0 bridgehead atoms. The lowest BCUT2D eigenvalue weighted by Crippen LogP contribution is -2.12. The van der Waals surface area contributed by atoms with E-state index in [1.807, 2.05) is 0 Å². The molecule has 0 saturated carbocycles. The minimum absolute atomic E-state index is 0.170. The van der Waals surface area contributed by atoms with Gasteiger partial charge in [0.25, 0.3) is 0 Å². The van der Waals surface area contributed by atoms with Crippen LogP contribution in [0.5, 0.6) is 0 Å². The molecule has 0 saturated heterocycles. The molecule has 0 amide bonds. The molecule has 26 rings (SSSR count). The van der Waals surface area contributed by atoms with Crippen molar-refractivity contribution in [3.8, 4) is 11.1 Å². The van der Waals surface area contributed by atoms with Crippen LogP contribution in [0.2, 0.25) is 0 Å². The molecule has 146 heavy (non-hydrogen) atoms. The van der Waals surface area contributed by atoms with Gasteiger partial charge in [0, 0.05) is 59.2 Å². The summed E-state index contributed by atoms with van der Waals surface area (Å²) in [6.07, 6.45) is 97.7. The molecule has 0 nitrogen and oxygen atoms in total. The summed E-state index contributed by atoms with van der Waals surface area (Å²) in [5.74, 6) is 4.98. The third kappa shape index (κ3) is 19.0. The van der Waals surface area contributed by atoms with Crippen LogP contribution in [-0.2, 0) is 11.8 Å². The first-order valence-electron chi connectivity index (χ1n) is 56.8. The van der Waals surface area contributed by atoms with Crippen LogP contribution in [0.25, 0.3) is 39.0 Å². The van der Waals surface area contributed by atoms with Crippen LogP contribution in [0.4, 0.5) is 0 Å². The van der Waals surface area contributed by atoms with Crippen molar-refractivity contribution in [2.24, 2.45) is 35.0 Å². The summed E-state index contributed by atoms with van der Waals surface area (Å²) in [4.78, 5) is 0. The van der Waals surface area contributed by atoms with Gasteiger partial charge in [-0.25, -0.2) is 0 Å². The van der Waals surface area contributed by atoms with Gasteiger partial charge in [0.05, 0.1) is 0 Å². The molecule has 0 aromatic heterocycles. The number of benzene rings is 6. The minimum Gasteiger partial charge on any atom is -0.0807 e. The van der Waals surface area contributed by atoms with E-state index >= 15 is 0 Å². The Balaban J connectivity index is 0.000000104. The zero-order chi connectivity index (χ0) is 101. The second kappa shape index (κ2) is 41.1. The number of hydrogen-bond acceptors (Lipinski definition) is 0. The quantitative estimate of drug-likeness (QED) is 0.0854. The maximum absolute atomic E-state index is 2.53. The number of aryl methyl sites for hydroxylation is 2. The maximum atomic E-state index is 2.53. The second-order valence-corrected chi connectivity index (χ2v) is 48.1. The highest BCUT2D eigenvalue weighted by molar-refractivity contribution is 5.88. The number of rotatable bonds is 17. The lowest BCUT2D eigenvalue weighted by atomic mass is 9.81. The third-order valence-electron chi connectivity index (χ3n) is 35.8. The van der Waals surface area contributed by atoms with E-state index in [9.17, 15) is 0 Å². The van der Waals surface area contributed by atoms with E-state index in [1.54, 1.807) is 94.7 Å². The first kappa shape index (κ1) is 98.5. The Hall–Kier alpha value is -12.2. The fraction of sp³-hybridized carbons (Fsp3) is 0.356. The van der Waals surface area contributed by atoms with Crippen molar-refractivity contribution in [3.05, 3.63) is 509 Å². The summed E-state index contributed by atoms with van der Waals surface area (Å²) >= 11 is 0. The predicted molar refractivity (Wildman–Crippen MR) is 627 cm³/mol. The largest absolute Gasteiger partial charge is 0.0807 e. The van der Waals surface area contributed by atoms with Gasteiger partial charge in [-0.3, -0.25) is 0 Å². The summed E-state index contributed by atoms with van der Waals surface area (Å²) in [6.45, 7) is 39.0. The lowest BCUT2D eigenvalue weighted by Gasteiger charge is -2.23. The first-order valence-corrected chi connectivity index (χ1v) is 56.8. The van der Waals surface area contributed by atoms with E-state index < -0.39 is 0 Å². The summed E-state index contributed by atoms with van der Waals surface area (Å²) in [7, 11) is 0. The van der Waals surface area contributed by atoms with Gasteiger partial charge in [0.2, 0.25) is 0 Å². The zero-order valence-corrected chi connectivity index (χ0v) is 90.8. The Bertz CT molecular complexity index is 7370. The molecule has 0 heteroatoms. The summed E-state index contributed by atoms with van der Waals surface area (Å²) in [5.41, 5.74) is 69.0. The standard InChI is InChI=1S/C32H30.C30H34.C30H36.2C27H28/c1-3-7-23-12-14-29-30(23)20-32-26(25-11-10-21(2)18-25)16-17-28(32)27-15-13-24(19-31(27)29)22-8-5-4-6-9-22;1-6-7-20-10-12-26-27(20)18-29-23(21-9-8-19(2)16-21)14-15-25(29)24-13-11-22(17-28(24)26)30(3,4)5;1-5-8-21-12-14-26-27(21)18-29-23(22-9-6-7-10-22)15-16-25(29)24-13-11-20(17-28(24)26)19-30(2,3)4;1-4-6-19-11-12-22-23-8-5-7-18(3)27(23)24-14-13-21(26(24)16-25(19)22)20-10-9-17(2)15-20;1-4-5-19-9-11-24-25(19)16-27-21(20-8-6-17(2)14-20)12-13-23(27)22-10-7-18(3)15-26(22)24/h4-6,8-10,12-19,28,30H,3,7,11,20H2,1-2H3;8,10-17,25,27H,6-7,9,18H2,1-5H3;9,11-17,25,27H,5-8,10,18-19H2,1-4H3;5,7-9,11-15,24-25H,4,6,10,16H2,1-3H3;6-7,9-15,23,25H,4-5,8,16H2,1-3H3. The molecule has 0 heterocycles. The van der Waals surface area contributed by atoms with Gasteiger partial charge in [-0.15, -0.1) is 0 Å². The molecule has 20 aliphatic rings. The van der Waals surface area contributed by atoms with Crippen LogP contribution in [0.3, 0.4) is 0 Å². The van der Waals surface area contributed by atoms with Crippen LogP contribution in [0.1, 0.15) is 353 Å². The Morgan fingerprint density at radius 3 is 1.03 bits per heavy atom. The average molecular weight is 1910 g/mol. The van der Waals surface area contributed by atoms with Gasteiger partial charge in [-0.1, -0.05) is 483 Å². The van der Waals surface area contributed by atoms with Gasteiger partial charge in [0.15, 0.2) is 0 Å². The molecule has 0 N–H and O–H groups in total. The summed E-state index contributed by atoms with van der Waals surface area (Å²) in [5, 5.41) is 0. The van der Waals surface area contributed by atoms with Crippen molar-refractivity contribution in [3.63, 3.8) is 0 Å². The van der Waals surface area contributed by atoms with Crippen molar-refractivity contribution in [1.29, 1.82) is 0 Å². The van der Waals surface area contributed by atoms with Gasteiger partial charge < -0.3 is 0 Å². The molecule has 6 aromatic carbocycles. The second-order valence-electron chi connectivity index (χ2n) is 48.1. The molecule has 0 aliphatic heterocycles. The van der Waals surface area contributed by atoms with E-state index in [0.29, 0.717) is 64.6 Å². The highest BCUT2D eigenvalue weighted by Gasteiger charge is 2.45. The average Bonchev–Trinajstić information content (AvgIpc) is 1.61. The number of hydrogen-bond donors (Lipinski definition) is 0. The molecule has 20 aliphatic carbocycles. The van der Waals surface area contributed by atoms with E-state index in [1.165, 1.54) is 265 Å². The van der Waals surface area contributed by atoms with Gasteiger partial charge >= 0.3 is 0 Å². The normalized spacial score (nSPS) is 24.7. The molecule has 0 fully saturated rings. The van der Waals surface area contributed by atoms with Crippen molar-refractivity contribution in [1.82, 2.24) is 0 Å². The molecular formula is C146H156. The van der Waals surface area contributed by atoms with E-state index in [2.05, 4.69) is 415 Å². The smallest absolute Gasteiger partial charge is 0.0249 e. The van der Waals surface area contributed by atoms with Crippen molar-refractivity contribution >= 4 is 27.9 Å². The molecule has 0 spiro atoms. The lowest BCUT2D eigenvalue weighted by molar-refractivity contribution is 0.411. The minimum atomic E-state index is 0.170. The Kier molecular flexibility index (Phi) is 27.7. The monoisotopic (exact) mass is 1910 g/mol. The number of allylic oxidation sites excluding steroid dienone is 58. The molecule has 10 unspecified atom stereocenters. The van der Waals surface area contributed by atoms with Crippen molar-refractivity contribution in [2.75, 3.05) is 0 Å². The Labute approximate surface area is 877 Å². The van der Waals surface area contributed by atoms with Gasteiger partial charge in [0.1, 0.15) is 0 Å². The SMILES string of the molecule is CCCC1=CC=C2c3cc(-c4ccccc4)ccc3C3C=CC(C4=CC(C)=CC4)=C3CC12.CCCC1=CC=C2c3cc(C(C)(C)C)ccc3C3C=CC(C4=CC(C)=CC4)=C3CC12.CCCC1=CC=C2c3cc(C)ccc3C3C=CC(C4=CC(C)=CC4)=C3CC12.CCCC1=CC=C2c3cc(CC(C)(C)C)ccc3C3C=CC(C4=CCCC4)=C3CC12.CCCC1=CC=C2c3cccc(C)c3C3C=CC(C4=CC(C)=CC4)=C3CC12. The summed E-state index contributed by atoms with van der Waals surface area (Å²) < 4.78 is 0. The van der Waals surface area contributed by atoms with Gasteiger partial charge in [-0.05, 0) is 341 Å². The molecule has 740 valence electrons. The van der Waals surface area contributed by atoms with Crippen LogP contribution in [0.15, 0.2) is 431 Å². The van der Waals surface area contributed by atoms with E-state index in [4.69, 9.17) is 0 Å². The van der Waals surface area contributed by atoms with Crippen molar-refractivity contribution < 1.29 is 0 Å². The highest BCUT2D eigenvalue weighted by Crippen LogP contribution is 2.61. The number of fused-ring (bicyclic) bond motifs is 25. The van der Waals surface area contributed by atoms with E-state index in [-0.39, 0.29) is 5.41 Å². The maximum Gasteiger partial charge on any atom is 0.0249 e. The molecule has 6 aromatic rings. The molecular weight excluding hydrogens is 1750 g/mol. The van der Waals surface area contributed by atoms with Crippen molar-refractivity contribution in [2.45, 2.75) is 300 Å². The Morgan fingerprint density at radius 2 is 0.658 bits per heavy atom. The topological polar surface area (TPSA) is 0 Å². The first-order chi connectivity index (χ1) is 70.9. The molecule has 10 atom stereocenters. The van der Waals surface area contributed by atoms with Crippen LogP contribution in [-0.4, -0.2) is 0 Å². The fourth-order valence-corrected chi connectivity index (χ4v) is 28.8. The van der Waals surface area contributed by atoms with E-state index in [0.717, 1.165) is 38.5 Å². The predicted octanol–water partition coefficient (Wildman–Crippen LogP) is 40.3. The van der Waals surface area contributed by atoms with Crippen LogP contribution < -0.4 is 0 Å². The highest BCUT2D eigenvalue weighted by atomic mass is 14.5. The Morgan fingerprint density at radius 1 is 0.301 bits per heavy atom. The molecule has 0 radical (unpaired) electrons. The third-order valence-corrected chi connectivity index (χ3v) is 35.8. The van der Waals surface area contributed by atoms with Crippen LogP contribution in [0, 0.1) is 48.9 Å². The zero-order valence-electron chi connectivity index (χ0n) is 90.8.